The molecule has 3 aromatic heterocycles. The van der Waals surface area contributed by atoms with Crippen LogP contribution in [0.2, 0.25) is 0 Å². The van der Waals surface area contributed by atoms with Gasteiger partial charge in [-0.2, -0.15) is 0 Å². The number of fused-ring (bicyclic) bond motifs is 1. The summed E-state index contributed by atoms with van der Waals surface area (Å²) in [7, 11) is 0. The van der Waals surface area contributed by atoms with Crippen molar-refractivity contribution in [3.8, 4) is 0 Å². The lowest BCUT2D eigenvalue weighted by Crippen LogP contribution is -2.09. The number of para-hydroxylation sites is 1. The summed E-state index contributed by atoms with van der Waals surface area (Å²) in [5.41, 5.74) is 6.18. The summed E-state index contributed by atoms with van der Waals surface area (Å²) in [6, 6.07) is 23.0. The third-order valence-corrected chi connectivity index (χ3v) is 7.03. The average molecular weight is 600 g/mol. The zero-order valence-electron chi connectivity index (χ0n) is 29.6. The molecule has 0 aliphatic rings. The average Bonchev–Trinajstić information content (AvgIpc) is 3.68. The normalized spacial score (nSPS) is 11.3. The minimum Gasteiger partial charge on any atom is -0.469 e. The molecule has 0 unspecified atom stereocenters. The van der Waals surface area contributed by atoms with Gasteiger partial charge < -0.3 is 13.4 Å². The Morgan fingerprint density at radius 3 is 1.84 bits per heavy atom. The van der Waals surface area contributed by atoms with Gasteiger partial charge in [0.05, 0.1) is 12.0 Å². The van der Waals surface area contributed by atoms with Crippen LogP contribution in [0.1, 0.15) is 134 Å². The van der Waals surface area contributed by atoms with Gasteiger partial charge in [0.25, 0.3) is 0 Å². The second-order valence-electron chi connectivity index (χ2n) is 14.1. The summed E-state index contributed by atoms with van der Waals surface area (Å²) >= 11 is 0. The van der Waals surface area contributed by atoms with Crippen molar-refractivity contribution in [1.29, 1.82) is 0 Å². The minimum absolute atomic E-state index is 0.0696. The van der Waals surface area contributed by atoms with E-state index >= 15 is 0 Å². The van der Waals surface area contributed by atoms with Crippen LogP contribution in [0.5, 0.6) is 0 Å². The van der Waals surface area contributed by atoms with Crippen molar-refractivity contribution in [2.75, 3.05) is 0 Å². The second kappa shape index (κ2) is 17.1. The number of hydrogen-bond donors (Lipinski definition) is 0. The molecule has 0 bridgehead atoms. The molecule has 0 spiro atoms. The summed E-state index contributed by atoms with van der Waals surface area (Å²) in [6.45, 7) is 27.8. The van der Waals surface area contributed by atoms with E-state index in [-0.39, 0.29) is 5.41 Å². The highest BCUT2D eigenvalue weighted by molar-refractivity contribution is 5.77. The molecular weight excluding hydrogens is 542 g/mol. The van der Waals surface area contributed by atoms with E-state index < -0.39 is 0 Å². The summed E-state index contributed by atoms with van der Waals surface area (Å²) in [5.74, 6) is 5.33. The number of furan rings is 2. The molecule has 0 saturated carbocycles. The lowest BCUT2D eigenvalue weighted by molar-refractivity contribution is 0.324. The topological polar surface area (TPSA) is 52.3 Å². The molecule has 0 aliphatic carbocycles. The predicted molar refractivity (Wildman–Crippen MR) is 187 cm³/mol. The fourth-order valence-electron chi connectivity index (χ4n) is 4.49. The smallest absolute Gasteiger partial charge is 0.142 e. The van der Waals surface area contributed by atoms with Crippen LogP contribution in [0.3, 0.4) is 0 Å². The van der Waals surface area contributed by atoms with Crippen LogP contribution >= 0.6 is 0 Å². The third kappa shape index (κ3) is 12.2. The Hall–Kier alpha value is -3.53. The van der Waals surface area contributed by atoms with E-state index in [1.165, 1.54) is 28.5 Å². The first-order chi connectivity index (χ1) is 20.6. The number of benzene rings is 2. The quantitative estimate of drug-likeness (QED) is 0.202. The van der Waals surface area contributed by atoms with E-state index in [0.29, 0.717) is 17.8 Å². The largest absolute Gasteiger partial charge is 0.469 e. The van der Waals surface area contributed by atoms with E-state index in [1.807, 2.05) is 30.3 Å². The molecule has 0 saturated heterocycles. The molecule has 0 amide bonds. The predicted octanol–water partition coefficient (Wildman–Crippen LogP) is 12.6. The van der Waals surface area contributed by atoms with Crippen molar-refractivity contribution in [3.05, 3.63) is 113 Å². The molecule has 0 N–H and O–H groups in total. The van der Waals surface area contributed by atoms with Gasteiger partial charge >= 0.3 is 0 Å². The van der Waals surface area contributed by atoms with E-state index in [4.69, 9.17) is 13.4 Å². The van der Waals surface area contributed by atoms with Gasteiger partial charge in [0, 0.05) is 28.7 Å². The first-order valence-corrected chi connectivity index (χ1v) is 16.1. The summed E-state index contributed by atoms with van der Waals surface area (Å²) in [5, 5.41) is 5.20. The molecular formula is C40H57NO3. The van der Waals surface area contributed by atoms with E-state index in [2.05, 4.69) is 132 Å². The van der Waals surface area contributed by atoms with Gasteiger partial charge in [-0.3, -0.25) is 0 Å². The SMILES string of the molecule is CC(C)c1cc(C(C)(C)C)on1.CC(C)c1cc2ccccc2o1.Cc1cccc(CC(C)C)c1.Cc1ccoc1C(C)C. The van der Waals surface area contributed by atoms with Gasteiger partial charge in [0.15, 0.2) is 0 Å². The molecule has 0 aliphatic heterocycles. The van der Waals surface area contributed by atoms with Gasteiger partial charge in [0.1, 0.15) is 22.9 Å². The van der Waals surface area contributed by atoms with E-state index in [9.17, 15) is 0 Å². The van der Waals surface area contributed by atoms with Crippen molar-refractivity contribution in [1.82, 2.24) is 5.16 Å². The molecule has 3 heterocycles. The zero-order valence-corrected chi connectivity index (χ0v) is 29.6. The van der Waals surface area contributed by atoms with E-state index in [1.54, 1.807) is 6.26 Å². The molecule has 4 heteroatoms. The first-order valence-electron chi connectivity index (χ1n) is 16.1. The molecule has 44 heavy (non-hydrogen) atoms. The zero-order chi connectivity index (χ0) is 33.0. The maximum absolute atomic E-state index is 5.63. The summed E-state index contributed by atoms with van der Waals surface area (Å²) in [6.07, 6.45) is 2.94. The lowest BCUT2D eigenvalue weighted by Gasteiger charge is -2.12. The Kier molecular flexibility index (Phi) is 14.2. The summed E-state index contributed by atoms with van der Waals surface area (Å²) < 4.78 is 16.1. The number of aromatic nitrogens is 1. The standard InChI is InChI=1S/C11H12O.C11H16.C10H17NO.C8H12O/c1-8(2)11-7-9-5-3-4-6-10(9)12-11;1-9(2)7-11-6-4-5-10(3)8-11;1-7(2)8-6-9(12-11-8)10(3,4)5;1-6(2)8-7(3)4-5-9-8/h3-8H,1-2H3;4-6,8-9H,7H2,1-3H3;6-7H,1-5H3;4-6H,1-3H3. The third-order valence-electron chi connectivity index (χ3n) is 7.03. The molecule has 5 rings (SSSR count). The highest BCUT2D eigenvalue weighted by Gasteiger charge is 2.20. The Balaban J connectivity index is 0.000000206. The number of aryl methyl sites for hydroxylation is 2. The van der Waals surface area contributed by atoms with E-state index in [0.717, 1.165) is 34.5 Å². The molecule has 0 atom stereocenters. The number of nitrogens with zero attached hydrogens (tertiary/aromatic N) is 1. The molecule has 4 nitrogen and oxygen atoms in total. The molecule has 0 radical (unpaired) electrons. The van der Waals surface area contributed by atoms with Crippen molar-refractivity contribution in [2.45, 2.75) is 120 Å². The van der Waals surface area contributed by atoms with Crippen LogP contribution < -0.4 is 0 Å². The Bertz CT molecular complexity index is 1470. The van der Waals surface area contributed by atoms with Crippen LogP contribution in [0, 0.1) is 19.8 Å². The van der Waals surface area contributed by atoms with Gasteiger partial charge in [-0.1, -0.05) is 129 Å². The van der Waals surface area contributed by atoms with Crippen molar-refractivity contribution >= 4 is 11.0 Å². The fourth-order valence-corrected chi connectivity index (χ4v) is 4.49. The molecule has 2 aromatic carbocycles. The number of hydrogen-bond acceptors (Lipinski definition) is 4. The van der Waals surface area contributed by atoms with Crippen LogP contribution in [0.25, 0.3) is 11.0 Å². The Morgan fingerprint density at radius 1 is 0.727 bits per heavy atom. The van der Waals surface area contributed by atoms with Gasteiger partial charge in [0.2, 0.25) is 0 Å². The van der Waals surface area contributed by atoms with Crippen LogP contribution in [0.15, 0.2) is 86.4 Å². The maximum atomic E-state index is 5.63. The molecule has 5 aromatic rings. The van der Waals surface area contributed by atoms with Gasteiger partial charge in [-0.25, -0.2) is 0 Å². The fraction of sp³-hybridized carbons (Fsp3) is 0.475. The lowest BCUT2D eigenvalue weighted by atomic mass is 9.92. The monoisotopic (exact) mass is 599 g/mol. The minimum atomic E-state index is 0.0696. The number of rotatable bonds is 5. The van der Waals surface area contributed by atoms with Gasteiger partial charge in [-0.15, -0.1) is 0 Å². The van der Waals surface area contributed by atoms with Crippen molar-refractivity contribution < 1.29 is 13.4 Å². The second-order valence-corrected chi connectivity index (χ2v) is 14.1. The molecule has 0 fully saturated rings. The highest BCUT2D eigenvalue weighted by atomic mass is 16.5. The van der Waals surface area contributed by atoms with Crippen LogP contribution in [0.4, 0.5) is 0 Å². The van der Waals surface area contributed by atoms with Crippen LogP contribution in [-0.2, 0) is 11.8 Å². The summed E-state index contributed by atoms with van der Waals surface area (Å²) in [4.78, 5) is 0. The highest BCUT2D eigenvalue weighted by Crippen LogP contribution is 2.25. The van der Waals surface area contributed by atoms with Crippen LogP contribution in [-0.4, -0.2) is 5.16 Å². The van der Waals surface area contributed by atoms with Crippen molar-refractivity contribution in [2.24, 2.45) is 5.92 Å². The maximum Gasteiger partial charge on any atom is 0.142 e. The first kappa shape index (κ1) is 36.7. The molecule has 240 valence electrons. The Morgan fingerprint density at radius 2 is 1.41 bits per heavy atom. The van der Waals surface area contributed by atoms with Crippen molar-refractivity contribution in [3.63, 3.8) is 0 Å². The Labute approximate surface area is 267 Å². The van der Waals surface area contributed by atoms with Gasteiger partial charge in [-0.05, 0) is 61.4 Å².